The van der Waals surface area contributed by atoms with Crippen molar-refractivity contribution in [2.45, 2.75) is 112 Å². The standard InChI is InChI=1S/C39H54O5/c1-24-16-21-39(34(42)43)23-22-37(6)28(33(39)25(24)2)13-14-30-36(5)19-18-31(35(3,4)29(36)17-20-38(30,37)7)44-32(41)15-10-26-8-11-27(40)12-9-26/h8-13,15,24-25,29-31,33,40H,14,16-23H2,1-7H3,(H,42,43)/t24-,25+,29-,30-,31-,33+,36+,37-,38-,39+/m1/s1. The van der Waals surface area contributed by atoms with Gasteiger partial charge < -0.3 is 14.9 Å². The molecule has 5 aliphatic rings. The number of fused-ring (bicyclic) bond motifs is 7. The maximum Gasteiger partial charge on any atom is 0.331 e. The average Bonchev–Trinajstić information content (AvgIpc) is 2.96. The quantitative estimate of drug-likeness (QED) is 0.204. The highest BCUT2D eigenvalue weighted by Gasteiger charge is 2.69. The zero-order valence-corrected chi connectivity index (χ0v) is 28.0. The van der Waals surface area contributed by atoms with Crippen LogP contribution in [0.3, 0.4) is 0 Å². The molecule has 0 aromatic heterocycles. The van der Waals surface area contributed by atoms with Crippen molar-refractivity contribution in [1.29, 1.82) is 0 Å². The van der Waals surface area contributed by atoms with Gasteiger partial charge in [0.2, 0.25) is 0 Å². The van der Waals surface area contributed by atoms with Crippen molar-refractivity contribution in [2.75, 3.05) is 0 Å². The maximum absolute atomic E-state index is 13.0. The number of carboxylic acids is 1. The summed E-state index contributed by atoms with van der Waals surface area (Å²) < 4.78 is 6.18. The number of carbonyl (C=O) groups excluding carboxylic acids is 1. The van der Waals surface area contributed by atoms with E-state index in [9.17, 15) is 19.8 Å². The second-order valence-electron chi connectivity index (χ2n) is 16.8. The van der Waals surface area contributed by atoms with Crippen molar-refractivity contribution in [3.8, 4) is 5.75 Å². The fourth-order valence-electron chi connectivity index (χ4n) is 12.0. The van der Waals surface area contributed by atoms with E-state index in [0.717, 1.165) is 63.4 Å². The number of carboxylic acid groups (broad SMARTS) is 1. The van der Waals surface area contributed by atoms with E-state index >= 15 is 0 Å². The second kappa shape index (κ2) is 10.5. The number of hydrogen-bond donors (Lipinski definition) is 2. The first-order valence-corrected chi connectivity index (χ1v) is 17.2. The summed E-state index contributed by atoms with van der Waals surface area (Å²) in [4.78, 5) is 26.0. The van der Waals surface area contributed by atoms with Crippen LogP contribution >= 0.6 is 0 Å². The normalized spacial score (nSPS) is 44.4. The Morgan fingerprint density at radius 2 is 1.59 bits per heavy atom. The molecule has 1 aromatic rings. The van der Waals surface area contributed by atoms with Gasteiger partial charge in [-0.3, -0.25) is 4.79 Å². The van der Waals surface area contributed by atoms with Crippen LogP contribution in [0.5, 0.6) is 5.75 Å². The molecule has 44 heavy (non-hydrogen) atoms. The number of aliphatic carboxylic acids is 1. The third-order valence-corrected chi connectivity index (χ3v) is 14.9. The Labute approximate surface area is 264 Å². The van der Waals surface area contributed by atoms with E-state index in [1.54, 1.807) is 30.3 Å². The molecule has 4 fully saturated rings. The molecular formula is C39H54O5. The molecule has 0 saturated heterocycles. The maximum atomic E-state index is 13.0. The van der Waals surface area contributed by atoms with Gasteiger partial charge >= 0.3 is 11.9 Å². The molecule has 6 rings (SSSR count). The van der Waals surface area contributed by atoms with E-state index < -0.39 is 11.4 Å². The highest BCUT2D eigenvalue weighted by molar-refractivity contribution is 5.87. The molecule has 240 valence electrons. The minimum Gasteiger partial charge on any atom is -0.508 e. The molecule has 1 aromatic carbocycles. The number of rotatable bonds is 4. The molecule has 10 atom stereocenters. The van der Waals surface area contributed by atoms with Crippen molar-refractivity contribution in [3.05, 3.63) is 47.6 Å². The number of ether oxygens (including phenoxy) is 1. The molecule has 0 radical (unpaired) electrons. The Kier molecular flexibility index (Phi) is 7.49. The summed E-state index contributed by atoms with van der Waals surface area (Å²) in [5, 5.41) is 20.2. The molecule has 5 heteroatoms. The fraction of sp³-hybridized carbons (Fsp3) is 0.692. The van der Waals surface area contributed by atoms with Crippen molar-refractivity contribution in [1.82, 2.24) is 0 Å². The van der Waals surface area contributed by atoms with Gasteiger partial charge in [-0.1, -0.05) is 72.2 Å². The van der Waals surface area contributed by atoms with Crippen LogP contribution in [-0.2, 0) is 14.3 Å². The largest absolute Gasteiger partial charge is 0.508 e. The first-order chi connectivity index (χ1) is 20.6. The smallest absolute Gasteiger partial charge is 0.331 e. The van der Waals surface area contributed by atoms with Crippen LogP contribution in [0, 0.1) is 56.7 Å². The van der Waals surface area contributed by atoms with Crippen molar-refractivity contribution in [3.63, 3.8) is 0 Å². The third kappa shape index (κ3) is 4.37. The van der Waals surface area contributed by atoms with Crippen LogP contribution in [0.4, 0.5) is 0 Å². The van der Waals surface area contributed by atoms with Gasteiger partial charge in [0.15, 0.2) is 0 Å². The van der Waals surface area contributed by atoms with Gasteiger partial charge in [-0.15, -0.1) is 0 Å². The molecule has 0 heterocycles. The second-order valence-corrected chi connectivity index (χ2v) is 16.8. The lowest BCUT2D eigenvalue weighted by Gasteiger charge is -2.71. The average molecular weight is 603 g/mol. The van der Waals surface area contributed by atoms with E-state index in [-0.39, 0.29) is 45.4 Å². The van der Waals surface area contributed by atoms with Crippen LogP contribution in [0.1, 0.15) is 112 Å². The van der Waals surface area contributed by atoms with Gasteiger partial charge in [0, 0.05) is 11.5 Å². The summed E-state index contributed by atoms with van der Waals surface area (Å²) in [6, 6.07) is 6.79. The van der Waals surface area contributed by atoms with Crippen molar-refractivity contribution >= 4 is 18.0 Å². The summed E-state index contributed by atoms with van der Waals surface area (Å²) in [6.07, 6.45) is 14.4. The number of esters is 1. The molecule has 0 aliphatic heterocycles. The Morgan fingerprint density at radius 3 is 2.27 bits per heavy atom. The molecule has 2 N–H and O–H groups in total. The summed E-state index contributed by atoms with van der Waals surface area (Å²) in [5.41, 5.74) is 1.81. The predicted octanol–water partition coefficient (Wildman–Crippen LogP) is 9.06. The van der Waals surface area contributed by atoms with Gasteiger partial charge in [0.25, 0.3) is 0 Å². The van der Waals surface area contributed by atoms with Gasteiger partial charge in [0.1, 0.15) is 11.9 Å². The summed E-state index contributed by atoms with van der Waals surface area (Å²) in [7, 11) is 0. The fourth-order valence-corrected chi connectivity index (χ4v) is 12.0. The van der Waals surface area contributed by atoms with Gasteiger partial charge in [0.05, 0.1) is 5.41 Å². The molecule has 0 bridgehead atoms. The van der Waals surface area contributed by atoms with Gasteiger partial charge in [-0.2, -0.15) is 0 Å². The van der Waals surface area contributed by atoms with Crippen LogP contribution in [0.15, 0.2) is 42.0 Å². The van der Waals surface area contributed by atoms with E-state index in [1.807, 2.05) is 0 Å². The van der Waals surface area contributed by atoms with Crippen molar-refractivity contribution < 1.29 is 24.5 Å². The minimum atomic E-state index is -0.609. The highest BCUT2D eigenvalue weighted by Crippen LogP contribution is 2.75. The van der Waals surface area contributed by atoms with Gasteiger partial charge in [-0.25, -0.2) is 4.79 Å². The Balaban J connectivity index is 1.27. The SMILES string of the molecule is C[C@H]1[C@H](C)CC[C@]2(C(=O)O)CC[C@]3(C)C(=CC[C@@H]4[C@@]5(C)CC[C@@H](OC(=O)C=Cc6ccc(O)cc6)C(C)(C)[C@H]5CC[C@]43C)[C@H]12. The molecule has 0 unspecified atom stereocenters. The number of benzene rings is 1. The van der Waals surface area contributed by atoms with Crippen molar-refractivity contribution in [2.24, 2.45) is 56.7 Å². The Hall–Kier alpha value is -2.56. The first kappa shape index (κ1) is 31.4. The zero-order chi connectivity index (χ0) is 31.9. The molecule has 0 spiro atoms. The Morgan fingerprint density at radius 1 is 0.886 bits per heavy atom. The number of allylic oxidation sites excluding steroid dienone is 2. The minimum absolute atomic E-state index is 0.00527. The Bertz CT molecular complexity index is 1370. The van der Waals surface area contributed by atoms with Crippen LogP contribution < -0.4 is 0 Å². The van der Waals surface area contributed by atoms with E-state index in [1.165, 1.54) is 11.6 Å². The lowest BCUT2D eigenvalue weighted by molar-refractivity contribution is -0.213. The zero-order valence-electron chi connectivity index (χ0n) is 28.0. The van der Waals surface area contributed by atoms with E-state index in [0.29, 0.717) is 23.7 Å². The lowest BCUT2D eigenvalue weighted by atomic mass is 9.33. The highest BCUT2D eigenvalue weighted by atomic mass is 16.5. The number of phenolic OH excluding ortho intramolecular Hbond substituents is 1. The van der Waals surface area contributed by atoms with Gasteiger partial charge in [-0.05, 0) is 127 Å². The number of carbonyl (C=O) groups is 2. The molecular weight excluding hydrogens is 548 g/mol. The first-order valence-electron chi connectivity index (χ1n) is 17.2. The lowest BCUT2D eigenvalue weighted by Crippen LogP contribution is -2.65. The topological polar surface area (TPSA) is 83.8 Å². The molecule has 5 nitrogen and oxygen atoms in total. The molecule has 4 saturated carbocycles. The van der Waals surface area contributed by atoms with E-state index in [2.05, 4.69) is 54.5 Å². The summed E-state index contributed by atoms with van der Waals surface area (Å²) in [6.45, 7) is 16.9. The van der Waals surface area contributed by atoms with Crippen LogP contribution in [-0.4, -0.2) is 28.3 Å². The van der Waals surface area contributed by atoms with Crippen LogP contribution in [0.25, 0.3) is 6.08 Å². The number of phenols is 1. The van der Waals surface area contributed by atoms with E-state index in [4.69, 9.17) is 4.74 Å². The number of hydrogen-bond acceptors (Lipinski definition) is 4. The summed E-state index contributed by atoms with van der Waals surface area (Å²) >= 11 is 0. The summed E-state index contributed by atoms with van der Waals surface area (Å²) in [5.74, 6) is 1.34. The third-order valence-electron chi connectivity index (χ3n) is 14.9. The molecule has 0 amide bonds. The molecule has 5 aliphatic carbocycles. The number of aromatic hydroxyl groups is 1. The van der Waals surface area contributed by atoms with Crippen LogP contribution in [0.2, 0.25) is 0 Å². The monoisotopic (exact) mass is 602 g/mol. The predicted molar refractivity (Wildman–Crippen MR) is 174 cm³/mol.